The number of thioether (sulfide) groups is 1. The summed E-state index contributed by atoms with van der Waals surface area (Å²) in [6.45, 7) is 2.08. The van der Waals surface area contributed by atoms with Gasteiger partial charge in [-0.1, -0.05) is 37.3 Å². The van der Waals surface area contributed by atoms with Crippen LogP contribution in [0.5, 0.6) is 0 Å². The molecule has 0 aliphatic heterocycles. The van der Waals surface area contributed by atoms with E-state index in [1.54, 1.807) is 11.8 Å². The van der Waals surface area contributed by atoms with E-state index in [9.17, 15) is 9.90 Å². The first-order valence-corrected chi connectivity index (χ1v) is 7.55. The van der Waals surface area contributed by atoms with Gasteiger partial charge in [-0.05, 0) is 11.3 Å². The number of aromatic nitrogens is 1. The van der Waals surface area contributed by atoms with Gasteiger partial charge in [-0.15, -0.1) is 11.3 Å². The Bertz CT molecular complexity index is 537. The van der Waals surface area contributed by atoms with Gasteiger partial charge in [-0.3, -0.25) is 0 Å². The molecule has 0 fully saturated rings. The number of hydrogen-bond donors (Lipinski definition) is 1. The van der Waals surface area contributed by atoms with Crippen LogP contribution in [0, 0.1) is 0 Å². The van der Waals surface area contributed by atoms with Crippen molar-refractivity contribution in [1.82, 2.24) is 4.98 Å². The number of carboxylic acids is 1. The molecule has 0 aliphatic carbocycles. The number of benzene rings is 1. The first kappa shape index (κ1) is 13.1. The van der Waals surface area contributed by atoms with Crippen LogP contribution in [0.3, 0.4) is 0 Å². The van der Waals surface area contributed by atoms with Crippen LogP contribution in [0.25, 0.3) is 10.4 Å². The number of carboxylic acid groups (broad SMARTS) is 1. The highest BCUT2D eigenvalue weighted by molar-refractivity contribution is 7.98. The summed E-state index contributed by atoms with van der Waals surface area (Å²) in [5.41, 5.74) is 1.08. The summed E-state index contributed by atoms with van der Waals surface area (Å²) in [7, 11) is 0. The molecule has 1 N–H and O–H groups in total. The molecule has 1 aromatic heterocycles. The topological polar surface area (TPSA) is 50.2 Å². The van der Waals surface area contributed by atoms with Crippen molar-refractivity contribution in [2.75, 3.05) is 5.75 Å². The van der Waals surface area contributed by atoms with Gasteiger partial charge in [-0.2, -0.15) is 11.8 Å². The molecule has 0 radical (unpaired) electrons. The second kappa shape index (κ2) is 6.02. The molecule has 0 saturated carbocycles. The minimum Gasteiger partial charge on any atom is -0.476 e. The molecular formula is C13H13NO2S2. The Labute approximate surface area is 114 Å². The molecule has 3 nitrogen and oxygen atoms in total. The van der Waals surface area contributed by atoms with Crippen molar-refractivity contribution in [3.05, 3.63) is 41.0 Å². The van der Waals surface area contributed by atoms with Crippen LogP contribution in [0.4, 0.5) is 0 Å². The van der Waals surface area contributed by atoms with Crippen molar-refractivity contribution in [3.63, 3.8) is 0 Å². The molecular weight excluding hydrogens is 266 g/mol. The second-order valence-corrected chi connectivity index (χ2v) is 5.95. The molecule has 5 heteroatoms. The SMILES string of the molecule is CCSCc1nc(C(=O)O)c(-c2ccccc2)s1. The Hall–Kier alpha value is -1.33. The third-order valence-electron chi connectivity index (χ3n) is 2.34. The number of carbonyl (C=O) groups is 1. The lowest BCUT2D eigenvalue weighted by atomic mass is 10.1. The summed E-state index contributed by atoms with van der Waals surface area (Å²) in [4.78, 5) is 16.2. The van der Waals surface area contributed by atoms with Crippen LogP contribution >= 0.6 is 23.1 Å². The van der Waals surface area contributed by atoms with Crippen molar-refractivity contribution in [1.29, 1.82) is 0 Å². The minimum absolute atomic E-state index is 0.165. The van der Waals surface area contributed by atoms with Gasteiger partial charge in [0, 0.05) is 5.75 Å². The molecule has 0 unspecified atom stereocenters. The van der Waals surface area contributed by atoms with Gasteiger partial charge in [0.05, 0.1) is 4.88 Å². The van der Waals surface area contributed by atoms with Gasteiger partial charge in [-0.25, -0.2) is 9.78 Å². The molecule has 0 aliphatic rings. The molecule has 0 amide bonds. The van der Waals surface area contributed by atoms with E-state index in [2.05, 4.69) is 11.9 Å². The largest absolute Gasteiger partial charge is 0.476 e. The first-order chi connectivity index (χ1) is 8.72. The van der Waals surface area contributed by atoms with Crippen molar-refractivity contribution in [3.8, 4) is 10.4 Å². The molecule has 1 aromatic carbocycles. The van der Waals surface area contributed by atoms with E-state index in [0.717, 1.165) is 27.0 Å². The molecule has 18 heavy (non-hydrogen) atoms. The quantitative estimate of drug-likeness (QED) is 0.905. The molecule has 0 spiro atoms. The third-order valence-corrected chi connectivity index (χ3v) is 4.51. The standard InChI is InChI=1S/C13H13NO2S2/c1-2-17-8-10-14-11(13(15)16)12(18-10)9-6-4-3-5-7-9/h3-7H,2,8H2,1H3,(H,15,16). The number of nitrogens with zero attached hydrogens (tertiary/aromatic N) is 1. The Balaban J connectivity index is 2.39. The maximum absolute atomic E-state index is 11.2. The summed E-state index contributed by atoms with van der Waals surface area (Å²) < 4.78 is 0. The number of hydrogen-bond acceptors (Lipinski definition) is 4. The predicted octanol–water partition coefficient (Wildman–Crippen LogP) is 3.76. The highest BCUT2D eigenvalue weighted by Crippen LogP contribution is 2.31. The lowest BCUT2D eigenvalue weighted by Crippen LogP contribution is -1.99. The fourth-order valence-electron chi connectivity index (χ4n) is 1.55. The highest BCUT2D eigenvalue weighted by atomic mass is 32.2. The number of thiazole rings is 1. The van der Waals surface area contributed by atoms with E-state index in [4.69, 9.17) is 0 Å². The van der Waals surface area contributed by atoms with Crippen molar-refractivity contribution in [2.45, 2.75) is 12.7 Å². The fourth-order valence-corrected chi connectivity index (χ4v) is 3.33. The molecule has 1 heterocycles. The fraction of sp³-hybridized carbons (Fsp3) is 0.231. The number of aromatic carboxylic acids is 1. The Morgan fingerprint density at radius 1 is 1.39 bits per heavy atom. The van der Waals surface area contributed by atoms with E-state index in [1.807, 2.05) is 30.3 Å². The van der Waals surface area contributed by atoms with Crippen molar-refractivity contribution < 1.29 is 9.90 Å². The summed E-state index contributed by atoms with van der Waals surface area (Å²) in [6, 6.07) is 9.55. The Morgan fingerprint density at radius 3 is 2.72 bits per heavy atom. The average Bonchev–Trinajstić information content (AvgIpc) is 2.82. The lowest BCUT2D eigenvalue weighted by molar-refractivity contribution is 0.0692. The van der Waals surface area contributed by atoms with Crippen LogP contribution in [0.2, 0.25) is 0 Å². The second-order valence-electron chi connectivity index (χ2n) is 3.59. The zero-order valence-electron chi connectivity index (χ0n) is 9.92. The van der Waals surface area contributed by atoms with E-state index in [-0.39, 0.29) is 5.69 Å². The zero-order valence-corrected chi connectivity index (χ0v) is 11.6. The molecule has 2 aromatic rings. The molecule has 0 atom stereocenters. The van der Waals surface area contributed by atoms with Gasteiger partial charge < -0.3 is 5.11 Å². The normalized spacial score (nSPS) is 10.5. The average molecular weight is 279 g/mol. The van der Waals surface area contributed by atoms with Crippen LogP contribution in [-0.2, 0) is 5.75 Å². The molecule has 2 rings (SSSR count). The summed E-state index contributed by atoms with van der Waals surface area (Å²) in [5, 5.41) is 10.1. The molecule has 0 saturated heterocycles. The molecule has 0 bridgehead atoms. The van der Waals surface area contributed by atoms with E-state index >= 15 is 0 Å². The van der Waals surface area contributed by atoms with Gasteiger partial charge in [0.1, 0.15) is 5.01 Å². The van der Waals surface area contributed by atoms with Crippen LogP contribution in [0.15, 0.2) is 30.3 Å². The van der Waals surface area contributed by atoms with Crippen LogP contribution < -0.4 is 0 Å². The zero-order chi connectivity index (χ0) is 13.0. The first-order valence-electron chi connectivity index (χ1n) is 5.58. The monoisotopic (exact) mass is 279 g/mol. The highest BCUT2D eigenvalue weighted by Gasteiger charge is 2.18. The maximum atomic E-state index is 11.2. The van der Waals surface area contributed by atoms with Gasteiger partial charge >= 0.3 is 5.97 Å². The molecule has 94 valence electrons. The third kappa shape index (κ3) is 2.91. The van der Waals surface area contributed by atoms with E-state index < -0.39 is 5.97 Å². The maximum Gasteiger partial charge on any atom is 0.356 e. The van der Waals surface area contributed by atoms with Gasteiger partial charge in [0.25, 0.3) is 0 Å². The van der Waals surface area contributed by atoms with Gasteiger partial charge in [0.2, 0.25) is 0 Å². The number of rotatable bonds is 5. The Kier molecular flexibility index (Phi) is 4.38. The Morgan fingerprint density at radius 2 is 2.11 bits per heavy atom. The summed E-state index contributed by atoms with van der Waals surface area (Å²) in [6.07, 6.45) is 0. The van der Waals surface area contributed by atoms with Crippen LogP contribution in [-0.4, -0.2) is 21.8 Å². The minimum atomic E-state index is -0.960. The van der Waals surface area contributed by atoms with Crippen LogP contribution in [0.1, 0.15) is 22.4 Å². The predicted molar refractivity (Wildman–Crippen MR) is 76.3 cm³/mol. The van der Waals surface area contributed by atoms with Crippen molar-refractivity contribution >= 4 is 29.1 Å². The van der Waals surface area contributed by atoms with E-state index in [0.29, 0.717) is 0 Å². The van der Waals surface area contributed by atoms with Gasteiger partial charge in [0.15, 0.2) is 5.69 Å². The smallest absolute Gasteiger partial charge is 0.356 e. The summed E-state index contributed by atoms with van der Waals surface area (Å²) in [5.74, 6) is 0.814. The van der Waals surface area contributed by atoms with E-state index in [1.165, 1.54) is 11.3 Å². The van der Waals surface area contributed by atoms with Crippen molar-refractivity contribution in [2.24, 2.45) is 0 Å². The summed E-state index contributed by atoms with van der Waals surface area (Å²) >= 11 is 3.21. The lowest BCUT2D eigenvalue weighted by Gasteiger charge is -1.97.